The lowest BCUT2D eigenvalue weighted by Crippen LogP contribution is -2.18. The van der Waals surface area contributed by atoms with E-state index in [2.05, 4.69) is 10.0 Å². The van der Waals surface area contributed by atoms with Gasteiger partial charge in [-0.25, -0.2) is 13.1 Å². The zero-order chi connectivity index (χ0) is 16.9. The molecule has 23 heavy (non-hydrogen) atoms. The summed E-state index contributed by atoms with van der Waals surface area (Å²) in [5.74, 6) is 0.156. The first-order chi connectivity index (χ1) is 10.9. The minimum Gasteiger partial charge on any atom is -0.325 e. The van der Waals surface area contributed by atoms with Crippen molar-refractivity contribution in [3.63, 3.8) is 0 Å². The second-order valence-corrected chi connectivity index (χ2v) is 7.74. The van der Waals surface area contributed by atoms with Crippen LogP contribution in [0.2, 0.25) is 0 Å². The van der Waals surface area contributed by atoms with Crippen LogP contribution < -0.4 is 10.0 Å². The van der Waals surface area contributed by atoms with E-state index in [0.717, 1.165) is 10.5 Å². The summed E-state index contributed by atoms with van der Waals surface area (Å²) >= 11 is 1.47. The van der Waals surface area contributed by atoms with Crippen molar-refractivity contribution in [3.8, 4) is 0 Å². The number of hydrogen-bond acceptors (Lipinski definition) is 4. The molecule has 2 rings (SSSR count). The molecule has 0 heterocycles. The van der Waals surface area contributed by atoms with E-state index in [1.54, 1.807) is 12.1 Å². The lowest BCUT2D eigenvalue weighted by molar-refractivity contribution is -0.113. The molecule has 2 N–H and O–H groups in total. The maximum absolute atomic E-state index is 12.0. The number of amides is 1. The highest BCUT2D eigenvalue weighted by Gasteiger charge is 2.11. The molecule has 2 aromatic rings. The van der Waals surface area contributed by atoms with Crippen LogP contribution in [-0.2, 0) is 14.8 Å². The number of carbonyl (C=O) groups is 1. The Kier molecular flexibility index (Phi) is 5.81. The van der Waals surface area contributed by atoms with Gasteiger partial charge in [-0.3, -0.25) is 4.79 Å². The molecule has 0 unspecified atom stereocenters. The molecule has 0 aliphatic rings. The summed E-state index contributed by atoms with van der Waals surface area (Å²) in [4.78, 5) is 13.2. The first-order valence-electron chi connectivity index (χ1n) is 6.94. The van der Waals surface area contributed by atoms with Crippen molar-refractivity contribution < 1.29 is 13.2 Å². The number of benzene rings is 2. The van der Waals surface area contributed by atoms with Crippen molar-refractivity contribution in [1.29, 1.82) is 0 Å². The maximum atomic E-state index is 12.0. The molecule has 7 heteroatoms. The fourth-order valence-electron chi connectivity index (χ4n) is 1.89. The minimum atomic E-state index is -3.46. The van der Waals surface area contributed by atoms with Gasteiger partial charge in [0.25, 0.3) is 0 Å². The third-order valence-corrected chi connectivity index (χ3v) is 5.78. The monoisotopic (exact) mass is 350 g/mol. The Bertz CT molecular complexity index is 787. The molecule has 5 nitrogen and oxygen atoms in total. The molecule has 0 spiro atoms. The van der Waals surface area contributed by atoms with Crippen molar-refractivity contribution >= 4 is 33.4 Å². The Morgan fingerprint density at radius 2 is 1.74 bits per heavy atom. The quantitative estimate of drug-likeness (QED) is 0.786. The number of nitrogens with one attached hydrogen (secondary N) is 2. The summed E-state index contributed by atoms with van der Waals surface area (Å²) in [5, 5.41) is 2.75. The number of hydrogen-bond donors (Lipinski definition) is 2. The van der Waals surface area contributed by atoms with Crippen LogP contribution in [-0.4, -0.2) is 27.1 Å². The highest BCUT2D eigenvalue weighted by atomic mass is 32.2. The van der Waals surface area contributed by atoms with E-state index >= 15 is 0 Å². The van der Waals surface area contributed by atoms with Crippen LogP contribution >= 0.6 is 11.8 Å². The predicted octanol–water partition coefficient (Wildman–Crippen LogP) is 2.63. The van der Waals surface area contributed by atoms with Crippen LogP contribution in [0.15, 0.2) is 58.3 Å². The average Bonchev–Trinajstić information content (AvgIpc) is 2.54. The van der Waals surface area contributed by atoms with Gasteiger partial charge in [-0.2, -0.15) is 0 Å². The maximum Gasteiger partial charge on any atom is 0.240 e. The number of rotatable bonds is 6. The topological polar surface area (TPSA) is 75.3 Å². The van der Waals surface area contributed by atoms with Crippen molar-refractivity contribution in [2.75, 3.05) is 18.1 Å². The Morgan fingerprint density at radius 1 is 1.09 bits per heavy atom. The lowest BCUT2D eigenvalue weighted by Gasteiger charge is -2.08. The first kappa shape index (κ1) is 17.5. The Labute approximate surface area is 140 Å². The van der Waals surface area contributed by atoms with Crippen LogP contribution in [0.4, 0.5) is 5.69 Å². The first-order valence-corrected chi connectivity index (χ1v) is 9.41. The van der Waals surface area contributed by atoms with Crippen molar-refractivity contribution in [1.82, 2.24) is 4.72 Å². The van der Waals surface area contributed by atoms with E-state index in [1.165, 1.54) is 30.9 Å². The van der Waals surface area contributed by atoms with Gasteiger partial charge in [-0.05, 0) is 49.9 Å². The molecular formula is C16H18N2O3S2. The largest absolute Gasteiger partial charge is 0.325 e. The molecule has 0 saturated heterocycles. The van der Waals surface area contributed by atoms with Crippen LogP contribution in [0.1, 0.15) is 5.56 Å². The second kappa shape index (κ2) is 7.63. The van der Waals surface area contributed by atoms with E-state index < -0.39 is 10.0 Å². The zero-order valence-electron chi connectivity index (χ0n) is 12.9. The standard InChI is InChI=1S/C16H18N2O3S2/c1-12-5-3-4-6-15(12)22-11-16(19)18-13-7-9-14(10-8-13)23(20,21)17-2/h3-10,17H,11H2,1-2H3,(H,18,19). The molecule has 0 bridgehead atoms. The van der Waals surface area contributed by atoms with E-state index in [-0.39, 0.29) is 10.8 Å². The van der Waals surface area contributed by atoms with Gasteiger partial charge in [-0.15, -0.1) is 11.8 Å². The van der Waals surface area contributed by atoms with Crippen molar-refractivity contribution in [3.05, 3.63) is 54.1 Å². The van der Waals surface area contributed by atoms with Gasteiger partial charge in [-0.1, -0.05) is 18.2 Å². The van der Waals surface area contributed by atoms with Crippen molar-refractivity contribution in [2.45, 2.75) is 16.7 Å². The fourth-order valence-corrected chi connectivity index (χ4v) is 3.45. The molecule has 122 valence electrons. The van der Waals surface area contributed by atoms with E-state index in [4.69, 9.17) is 0 Å². The molecule has 0 radical (unpaired) electrons. The van der Waals surface area contributed by atoms with Gasteiger partial charge in [0.2, 0.25) is 15.9 Å². The highest BCUT2D eigenvalue weighted by molar-refractivity contribution is 8.00. The molecule has 0 aliphatic carbocycles. The van der Waals surface area contributed by atoms with Crippen LogP contribution in [0.25, 0.3) is 0 Å². The zero-order valence-corrected chi connectivity index (χ0v) is 14.5. The van der Waals surface area contributed by atoms with Gasteiger partial charge in [0.1, 0.15) is 0 Å². The number of carbonyl (C=O) groups excluding carboxylic acids is 1. The summed E-state index contributed by atoms with van der Waals surface area (Å²) in [6.45, 7) is 2.00. The number of aryl methyl sites for hydroxylation is 1. The summed E-state index contributed by atoms with van der Waals surface area (Å²) in [6, 6.07) is 13.9. The molecule has 1 amide bonds. The number of sulfonamides is 1. The highest BCUT2D eigenvalue weighted by Crippen LogP contribution is 2.22. The van der Waals surface area contributed by atoms with Crippen molar-refractivity contribution in [2.24, 2.45) is 0 Å². The van der Waals surface area contributed by atoms with Crippen LogP contribution in [0, 0.1) is 6.92 Å². The Hall–Kier alpha value is -1.83. The molecule has 0 aliphatic heterocycles. The fraction of sp³-hybridized carbons (Fsp3) is 0.188. The molecule has 0 atom stereocenters. The van der Waals surface area contributed by atoms with E-state index in [9.17, 15) is 13.2 Å². The third-order valence-electron chi connectivity index (χ3n) is 3.17. The van der Waals surface area contributed by atoms with Gasteiger partial charge < -0.3 is 5.32 Å². The Balaban J connectivity index is 1.94. The van der Waals surface area contributed by atoms with Gasteiger partial charge >= 0.3 is 0 Å². The second-order valence-electron chi connectivity index (χ2n) is 4.83. The summed E-state index contributed by atoms with van der Waals surface area (Å²) in [5.41, 5.74) is 1.70. The SMILES string of the molecule is CNS(=O)(=O)c1ccc(NC(=O)CSc2ccccc2C)cc1. The summed E-state index contributed by atoms with van der Waals surface area (Å²) < 4.78 is 25.5. The normalized spacial score (nSPS) is 11.2. The molecule has 0 fully saturated rings. The van der Waals surface area contributed by atoms with Gasteiger partial charge in [0.05, 0.1) is 10.6 Å². The molecule has 0 aromatic heterocycles. The predicted molar refractivity (Wildman–Crippen MR) is 93.2 cm³/mol. The van der Waals surface area contributed by atoms with Gasteiger partial charge in [0, 0.05) is 10.6 Å². The molecule has 0 saturated carbocycles. The van der Waals surface area contributed by atoms with Crippen LogP contribution in [0.3, 0.4) is 0 Å². The minimum absolute atomic E-state index is 0.137. The number of anilines is 1. The summed E-state index contributed by atoms with van der Waals surface area (Å²) in [7, 11) is -2.11. The van der Waals surface area contributed by atoms with E-state index in [0.29, 0.717) is 11.4 Å². The Morgan fingerprint density at radius 3 is 2.35 bits per heavy atom. The van der Waals surface area contributed by atoms with Crippen LogP contribution in [0.5, 0.6) is 0 Å². The third kappa shape index (κ3) is 4.82. The van der Waals surface area contributed by atoms with Gasteiger partial charge in [0.15, 0.2) is 0 Å². The number of thioether (sulfide) groups is 1. The average molecular weight is 350 g/mol. The molecule has 2 aromatic carbocycles. The lowest BCUT2D eigenvalue weighted by atomic mass is 10.2. The van der Waals surface area contributed by atoms with E-state index in [1.807, 2.05) is 31.2 Å². The summed E-state index contributed by atoms with van der Waals surface area (Å²) in [6.07, 6.45) is 0. The molecular weight excluding hydrogens is 332 g/mol. The smallest absolute Gasteiger partial charge is 0.240 e.